The molecule has 150 valence electrons. The summed E-state index contributed by atoms with van der Waals surface area (Å²) in [6.07, 6.45) is -0.148. The second-order valence-electron chi connectivity index (χ2n) is 8.93. The summed E-state index contributed by atoms with van der Waals surface area (Å²) in [4.78, 5) is 23.7. The molecular formula is C20H28O7. The lowest BCUT2D eigenvalue weighted by molar-refractivity contribution is -0.233. The van der Waals surface area contributed by atoms with E-state index in [1.165, 1.54) is 13.8 Å². The highest BCUT2D eigenvalue weighted by molar-refractivity contribution is 5.76. The van der Waals surface area contributed by atoms with Crippen molar-refractivity contribution in [3.8, 4) is 0 Å². The molecule has 0 aromatic carbocycles. The summed E-state index contributed by atoms with van der Waals surface area (Å²) in [7, 11) is 0. The summed E-state index contributed by atoms with van der Waals surface area (Å²) in [5.41, 5.74) is -1.40. The molecule has 2 N–H and O–H groups in total. The fourth-order valence-electron chi connectivity index (χ4n) is 6.08. The molecule has 0 radical (unpaired) electrons. The van der Waals surface area contributed by atoms with Crippen molar-refractivity contribution in [1.82, 2.24) is 0 Å². The molecule has 0 aromatic rings. The minimum Gasteiger partial charge on any atom is -0.465 e. The molecule has 2 bridgehead atoms. The van der Waals surface area contributed by atoms with Crippen LogP contribution in [0.15, 0.2) is 11.6 Å². The van der Waals surface area contributed by atoms with Gasteiger partial charge in [0.15, 0.2) is 0 Å². The largest absolute Gasteiger partial charge is 0.465 e. The Kier molecular flexibility index (Phi) is 4.14. The van der Waals surface area contributed by atoms with Gasteiger partial charge in [0.2, 0.25) is 0 Å². The van der Waals surface area contributed by atoms with Crippen molar-refractivity contribution in [3.63, 3.8) is 0 Å². The zero-order valence-corrected chi connectivity index (χ0v) is 16.2. The number of fused-ring (bicyclic) bond motifs is 2. The van der Waals surface area contributed by atoms with Crippen LogP contribution in [0.2, 0.25) is 0 Å². The van der Waals surface area contributed by atoms with Gasteiger partial charge in [0, 0.05) is 30.1 Å². The van der Waals surface area contributed by atoms with E-state index in [0.717, 1.165) is 5.57 Å². The SMILES string of the molecule is CC(=O)CC1C(O)C2OC3C=C(C)C(O)CC3(COC(C)=O)C1(C)C21CO1. The number of ketones is 1. The van der Waals surface area contributed by atoms with Crippen LogP contribution in [-0.4, -0.2) is 65.2 Å². The van der Waals surface area contributed by atoms with Gasteiger partial charge in [-0.1, -0.05) is 13.0 Å². The van der Waals surface area contributed by atoms with Crippen molar-refractivity contribution >= 4 is 11.8 Å². The van der Waals surface area contributed by atoms with Gasteiger partial charge in [-0.05, 0) is 25.8 Å². The van der Waals surface area contributed by atoms with Crippen molar-refractivity contribution in [2.24, 2.45) is 16.7 Å². The minimum absolute atomic E-state index is 0.0223. The van der Waals surface area contributed by atoms with Crippen LogP contribution in [0.5, 0.6) is 0 Å². The lowest BCUT2D eigenvalue weighted by Crippen LogP contribution is -2.67. The van der Waals surface area contributed by atoms with Crippen LogP contribution in [0.3, 0.4) is 0 Å². The molecule has 7 nitrogen and oxygen atoms in total. The highest BCUT2D eigenvalue weighted by atomic mass is 16.6. The maximum Gasteiger partial charge on any atom is 0.302 e. The van der Waals surface area contributed by atoms with Gasteiger partial charge in [0.1, 0.15) is 24.1 Å². The zero-order valence-electron chi connectivity index (χ0n) is 16.2. The average Bonchev–Trinajstić information content (AvgIpc) is 3.36. The molecule has 4 aliphatic rings. The number of carbonyl (C=O) groups excluding carboxylic acids is 2. The van der Waals surface area contributed by atoms with Crippen LogP contribution in [0.4, 0.5) is 0 Å². The van der Waals surface area contributed by atoms with Gasteiger partial charge in [-0.2, -0.15) is 0 Å². The first-order valence-electron chi connectivity index (χ1n) is 9.56. The van der Waals surface area contributed by atoms with Crippen LogP contribution < -0.4 is 0 Å². The van der Waals surface area contributed by atoms with E-state index in [1.807, 2.05) is 19.9 Å². The van der Waals surface area contributed by atoms with E-state index in [2.05, 4.69) is 0 Å². The predicted octanol–water partition coefficient (Wildman–Crippen LogP) is 0.759. The molecule has 0 amide bonds. The van der Waals surface area contributed by atoms with Crippen molar-refractivity contribution in [3.05, 3.63) is 11.6 Å². The third kappa shape index (κ3) is 2.29. The highest BCUT2D eigenvalue weighted by Gasteiger charge is 2.84. The summed E-state index contributed by atoms with van der Waals surface area (Å²) in [5.74, 6) is -0.838. The Bertz CT molecular complexity index is 711. The monoisotopic (exact) mass is 380 g/mol. The van der Waals surface area contributed by atoms with E-state index in [-0.39, 0.29) is 18.8 Å². The molecule has 1 spiro atoms. The number of hydrogen-bond donors (Lipinski definition) is 2. The first-order chi connectivity index (χ1) is 12.6. The molecule has 3 fully saturated rings. The summed E-state index contributed by atoms with van der Waals surface area (Å²) in [5, 5.41) is 21.7. The quantitative estimate of drug-likeness (QED) is 0.421. The van der Waals surface area contributed by atoms with Gasteiger partial charge in [-0.3, -0.25) is 4.79 Å². The molecule has 8 atom stereocenters. The van der Waals surface area contributed by atoms with Crippen LogP contribution >= 0.6 is 0 Å². The van der Waals surface area contributed by atoms with Gasteiger partial charge in [-0.15, -0.1) is 0 Å². The average molecular weight is 380 g/mol. The fourth-order valence-corrected chi connectivity index (χ4v) is 6.08. The Hall–Kier alpha value is -1.28. The molecule has 2 aliphatic heterocycles. The van der Waals surface area contributed by atoms with E-state index in [0.29, 0.717) is 13.0 Å². The second-order valence-corrected chi connectivity index (χ2v) is 8.93. The molecule has 27 heavy (non-hydrogen) atoms. The minimum atomic E-state index is -0.855. The fraction of sp³-hybridized carbons (Fsp3) is 0.800. The molecule has 4 rings (SSSR count). The molecule has 2 saturated heterocycles. The van der Waals surface area contributed by atoms with Crippen molar-refractivity contribution in [1.29, 1.82) is 0 Å². The van der Waals surface area contributed by atoms with Crippen molar-refractivity contribution in [2.75, 3.05) is 13.2 Å². The second kappa shape index (κ2) is 5.86. The Morgan fingerprint density at radius 3 is 2.56 bits per heavy atom. The highest BCUT2D eigenvalue weighted by Crippen LogP contribution is 2.73. The van der Waals surface area contributed by atoms with Gasteiger partial charge >= 0.3 is 5.97 Å². The third-order valence-corrected chi connectivity index (χ3v) is 7.67. The number of aliphatic hydroxyl groups excluding tert-OH is 2. The van der Waals surface area contributed by atoms with E-state index in [4.69, 9.17) is 14.2 Å². The van der Waals surface area contributed by atoms with Gasteiger partial charge < -0.3 is 29.2 Å². The molecule has 7 heteroatoms. The Morgan fingerprint density at radius 1 is 1.33 bits per heavy atom. The van der Waals surface area contributed by atoms with E-state index < -0.39 is 52.7 Å². The Morgan fingerprint density at radius 2 is 2.00 bits per heavy atom. The predicted molar refractivity (Wildman–Crippen MR) is 93.7 cm³/mol. The molecular weight excluding hydrogens is 352 g/mol. The van der Waals surface area contributed by atoms with Crippen LogP contribution in [0, 0.1) is 16.7 Å². The topological polar surface area (TPSA) is 106 Å². The van der Waals surface area contributed by atoms with Gasteiger partial charge in [-0.25, -0.2) is 0 Å². The van der Waals surface area contributed by atoms with Crippen LogP contribution in [0.1, 0.15) is 40.5 Å². The lowest BCUT2D eigenvalue weighted by Gasteiger charge is -2.59. The molecule has 0 aromatic heterocycles. The van der Waals surface area contributed by atoms with E-state index in [1.54, 1.807) is 0 Å². The summed E-state index contributed by atoms with van der Waals surface area (Å²) in [6.45, 7) is 7.18. The maximum absolute atomic E-state index is 12.0. The Labute approximate surface area is 158 Å². The zero-order chi connectivity index (χ0) is 19.8. The number of aliphatic hydroxyl groups is 2. The lowest BCUT2D eigenvalue weighted by atomic mass is 9.49. The van der Waals surface area contributed by atoms with Gasteiger partial charge in [0.25, 0.3) is 0 Å². The van der Waals surface area contributed by atoms with Crippen molar-refractivity contribution < 1.29 is 34.0 Å². The van der Waals surface area contributed by atoms with Crippen molar-refractivity contribution in [2.45, 2.75) is 70.6 Å². The number of rotatable bonds is 4. The van der Waals surface area contributed by atoms with E-state index in [9.17, 15) is 19.8 Å². The number of esters is 1. The van der Waals surface area contributed by atoms with Crippen LogP contribution in [0.25, 0.3) is 0 Å². The smallest absolute Gasteiger partial charge is 0.302 e. The normalized spacial score (nSPS) is 50.1. The molecule has 8 unspecified atom stereocenters. The van der Waals surface area contributed by atoms with E-state index >= 15 is 0 Å². The first-order valence-corrected chi connectivity index (χ1v) is 9.56. The third-order valence-electron chi connectivity index (χ3n) is 7.67. The summed E-state index contributed by atoms with van der Waals surface area (Å²) >= 11 is 0. The maximum atomic E-state index is 12.0. The number of carbonyl (C=O) groups is 2. The first kappa shape index (κ1) is 19.1. The van der Waals surface area contributed by atoms with Crippen LogP contribution in [-0.2, 0) is 23.8 Å². The van der Waals surface area contributed by atoms with Gasteiger partial charge in [0.05, 0.1) is 24.9 Å². The molecule has 2 heterocycles. The molecule has 2 aliphatic carbocycles. The molecule has 1 saturated carbocycles. The number of epoxide rings is 1. The number of hydrogen-bond acceptors (Lipinski definition) is 7. The summed E-state index contributed by atoms with van der Waals surface area (Å²) < 4.78 is 17.7. The number of ether oxygens (including phenoxy) is 3. The Balaban J connectivity index is 1.88. The number of Topliss-reactive ketones (excluding diaryl/α,β-unsaturated/α-hetero) is 1. The summed E-state index contributed by atoms with van der Waals surface area (Å²) in [6, 6.07) is 0. The standard InChI is InChI=1S/C20H28O7/c1-10-5-15-19(7-14(10)23,8-25-12(3)22)18(4)13(6-11(2)21)16(24)17(27-15)20(18)9-26-20/h5,13-17,23-24H,6-9H2,1-4H3.